The minimum atomic E-state index is -0.375. The van der Waals surface area contributed by atoms with Gasteiger partial charge in [-0.15, -0.1) is 0 Å². The van der Waals surface area contributed by atoms with Crippen LogP contribution in [0.3, 0.4) is 0 Å². The number of hydrogen-bond acceptors (Lipinski definition) is 5. The highest BCUT2D eigenvalue weighted by Crippen LogP contribution is 2.21. The Morgan fingerprint density at radius 1 is 1.11 bits per heavy atom. The van der Waals surface area contributed by atoms with Gasteiger partial charge in [0.15, 0.2) is 0 Å². The molecule has 2 aliphatic heterocycles. The molecule has 142 valence electrons. The monoisotopic (exact) mass is 368 g/mol. The molecule has 2 amide bonds. The van der Waals surface area contributed by atoms with E-state index in [0.29, 0.717) is 19.6 Å². The van der Waals surface area contributed by atoms with E-state index >= 15 is 0 Å². The summed E-state index contributed by atoms with van der Waals surface area (Å²) >= 11 is 0. The smallest absolute Gasteiger partial charge is 0.244 e. The molecule has 2 saturated heterocycles. The lowest BCUT2D eigenvalue weighted by Crippen LogP contribution is -2.65. The van der Waals surface area contributed by atoms with Crippen molar-refractivity contribution in [2.75, 3.05) is 26.2 Å². The predicted octanol–water partition coefficient (Wildman–Crippen LogP) is 0.0858. The first-order chi connectivity index (χ1) is 13.0. The Balaban J connectivity index is 1.50. The lowest BCUT2D eigenvalue weighted by molar-refractivity contribution is -0.149. The summed E-state index contributed by atoms with van der Waals surface area (Å²) in [6.45, 7) is 7.76. The maximum atomic E-state index is 12.2. The summed E-state index contributed by atoms with van der Waals surface area (Å²) in [5, 5.41) is 6.89. The van der Waals surface area contributed by atoms with Gasteiger partial charge in [-0.25, -0.2) is 9.67 Å². The van der Waals surface area contributed by atoms with Crippen molar-refractivity contribution < 1.29 is 9.59 Å². The highest BCUT2D eigenvalue weighted by atomic mass is 16.2. The molecule has 0 saturated carbocycles. The van der Waals surface area contributed by atoms with Crippen LogP contribution in [-0.4, -0.2) is 68.6 Å². The largest absolute Gasteiger partial charge is 0.345 e. The van der Waals surface area contributed by atoms with Crippen LogP contribution in [0.4, 0.5) is 0 Å². The summed E-state index contributed by atoms with van der Waals surface area (Å²) in [4.78, 5) is 32.2. The molecule has 1 aromatic carbocycles. The number of nitrogens with zero attached hydrogens (tertiary/aromatic N) is 5. The number of aromatic nitrogens is 3. The van der Waals surface area contributed by atoms with Gasteiger partial charge in [-0.1, -0.05) is 12.1 Å². The number of aryl methyl sites for hydroxylation is 2. The molecule has 3 heterocycles. The summed E-state index contributed by atoms with van der Waals surface area (Å²) in [6, 6.07) is 4.06. The topological polar surface area (TPSA) is 83.4 Å². The fourth-order valence-corrected chi connectivity index (χ4v) is 3.91. The van der Waals surface area contributed by atoms with E-state index in [1.165, 1.54) is 22.3 Å². The lowest BCUT2D eigenvalue weighted by Gasteiger charge is -2.43. The van der Waals surface area contributed by atoms with Crippen molar-refractivity contribution in [1.82, 2.24) is 29.9 Å². The number of benzene rings is 1. The van der Waals surface area contributed by atoms with Crippen LogP contribution in [0.1, 0.15) is 22.3 Å². The van der Waals surface area contributed by atoms with Gasteiger partial charge in [0.25, 0.3) is 0 Å². The van der Waals surface area contributed by atoms with Gasteiger partial charge in [-0.05, 0) is 36.1 Å². The third-order valence-corrected chi connectivity index (χ3v) is 5.49. The van der Waals surface area contributed by atoms with Gasteiger partial charge in [-0.2, -0.15) is 5.10 Å². The van der Waals surface area contributed by atoms with E-state index in [1.54, 1.807) is 17.6 Å². The highest BCUT2D eigenvalue weighted by molar-refractivity contribution is 5.95. The van der Waals surface area contributed by atoms with E-state index in [9.17, 15) is 9.59 Å². The van der Waals surface area contributed by atoms with Gasteiger partial charge in [0.2, 0.25) is 11.8 Å². The summed E-state index contributed by atoms with van der Waals surface area (Å²) < 4.78 is 1.82. The Kier molecular flexibility index (Phi) is 4.65. The number of carbonyl (C=O) groups is 2. The molecule has 2 fully saturated rings. The Labute approximate surface area is 158 Å². The lowest BCUT2D eigenvalue weighted by atomic mass is 9.98. The summed E-state index contributed by atoms with van der Waals surface area (Å²) in [6.07, 6.45) is 3.26. The standard InChI is InChI=1S/C19H24N6O2/c1-13-5-14(2)16(9-24-12-20-11-22-24)6-15(13)8-23-3-4-25-17(10-23)19(27)21-7-18(25)26/h5-6,11-12,17H,3-4,7-10H2,1-2H3,(H,21,27)/t17-/m1/s1. The van der Waals surface area contributed by atoms with E-state index in [-0.39, 0.29) is 24.4 Å². The van der Waals surface area contributed by atoms with E-state index in [4.69, 9.17) is 0 Å². The number of carbonyl (C=O) groups excluding carboxylic acids is 2. The molecule has 1 N–H and O–H groups in total. The van der Waals surface area contributed by atoms with E-state index in [1.807, 2.05) is 4.68 Å². The van der Waals surface area contributed by atoms with Gasteiger partial charge < -0.3 is 10.2 Å². The van der Waals surface area contributed by atoms with Crippen molar-refractivity contribution in [3.05, 3.63) is 47.0 Å². The second kappa shape index (κ2) is 7.11. The molecule has 2 aromatic rings. The van der Waals surface area contributed by atoms with Crippen molar-refractivity contribution in [3.8, 4) is 0 Å². The van der Waals surface area contributed by atoms with Crippen molar-refractivity contribution in [1.29, 1.82) is 0 Å². The van der Waals surface area contributed by atoms with Crippen LogP contribution >= 0.6 is 0 Å². The second-order valence-electron chi connectivity index (χ2n) is 7.35. The molecular formula is C19H24N6O2. The molecule has 2 aliphatic rings. The molecule has 0 bridgehead atoms. The number of rotatable bonds is 4. The van der Waals surface area contributed by atoms with Crippen molar-refractivity contribution in [2.45, 2.75) is 33.0 Å². The van der Waals surface area contributed by atoms with Crippen molar-refractivity contribution >= 4 is 11.8 Å². The third-order valence-electron chi connectivity index (χ3n) is 5.49. The van der Waals surface area contributed by atoms with E-state index < -0.39 is 0 Å². The Morgan fingerprint density at radius 3 is 2.63 bits per heavy atom. The van der Waals surface area contributed by atoms with Crippen LogP contribution in [0, 0.1) is 13.8 Å². The van der Waals surface area contributed by atoms with Gasteiger partial charge >= 0.3 is 0 Å². The maximum Gasteiger partial charge on any atom is 0.244 e. The Morgan fingerprint density at radius 2 is 1.89 bits per heavy atom. The quantitative estimate of drug-likeness (QED) is 0.827. The molecule has 4 rings (SSSR count). The molecule has 0 aliphatic carbocycles. The maximum absolute atomic E-state index is 12.2. The third kappa shape index (κ3) is 3.57. The molecule has 8 heteroatoms. The number of nitrogens with one attached hydrogen (secondary N) is 1. The SMILES string of the molecule is Cc1cc(C)c(Cn2cncn2)cc1CN1CCN2C(=O)CNC(=O)[C@H]2C1. The first-order valence-electron chi connectivity index (χ1n) is 9.22. The van der Waals surface area contributed by atoms with Gasteiger partial charge in [0, 0.05) is 26.2 Å². The fourth-order valence-electron chi connectivity index (χ4n) is 3.91. The molecule has 0 spiro atoms. The summed E-state index contributed by atoms with van der Waals surface area (Å²) in [5.41, 5.74) is 4.92. The molecule has 27 heavy (non-hydrogen) atoms. The van der Waals surface area contributed by atoms with Crippen LogP contribution in [0.5, 0.6) is 0 Å². The molecule has 0 unspecified atom stereocenters. The van der Waals surface area contributed by atoms with E-state index in [2.05, 4.69) is 46.3 Å². The number of hydrogen-bond donors (Lipinski definition) is 1. The first kappa shape index (κ1) is 17.7. The Hall–Kier alpha value is -2.74. The molecule has 1 atom stereocenters. The van der Waals surface area contributed by atoms with Crippen LogP contribution in [-0.2, 0) is 22.7 Å². The normalized spacial score (nSPS) is 20.5. The van der Waals surface area contributed by atoms with Crippen LogP contribution in [0.15, 0.2) is 24.8 Å². The minimum Gasteiger partial charge on any atom is -0.345 e. The summed E-state index contributed by atoms with van der Waals surface area (Å²) in [7, 11) is 0. The fraction of sp³-hybridized carbons (Fsp3) is 0.474. The van der Waals surface area contributed by atoms with Crippen molar-refractivity contribution in [2.24, 2.45) is 0 Å². The van der Waals surface area contributed by atoms with E-state index in [0.717, 1.165) is 13.1 Å². The zero-order valence-electron chi connectivity index (χ0n) is 15.7. The number of fused-ring (bicyclic) bond motifs is 1. The highest BCUT2D eigenvalue weighted by Gasteiger charge is 2.38. The van der Waals surface area contributed by atoms with Crippen LogP contribution in [0.2, 0.25) is 0 Å². The molecule has 0 radical (unpaired) electrons. The first-order valence-corrected chi connectivity index (χ1v) is 9.22. The van der Waals surface area contributed by atoms with Gasteiger partial charge in [0.05, 0.1) is 13.1 Å². The van der Waals surface area contributed by atoms with Crippen molar-refractivity contribution in [3.63, 3.8) is 0 Å². The molecular weight excluding hydrogens is 344 g/mol. The summed E-state index contributed by atoms with van der Waals surface area (Å²) in [5.74, 6) is -0.0346. The van der Waals surface area contributed by atoms with Gasteiger partial charge in [-0.3, -0.25) is 14.5 Å². The molecule has 1 aromatic heterocycles. The minimum absolute atomic E-state index is 0.0147. The predicted molar refractivity (Wildman–Crippen MR) is 98.8 cm³/mol. The van der Waals surface area contributed by atoms with Gasteiger partial charge in [0.1, 0.15) is 18.7 Å². The second-order valence-corrected chi connectivity index (χ2v) is 7.35. The average molecular weight is 368 g/mol. The number of amides is 2. The van der Waals surface area contributed by atoms with Crippen LogP contribution in [0.25, 0.3) is 0 Å². The average Bonchev–Trinajstić information content (AvgIpc) is 3.15. The van der Waals surface area contributed by atoms with Crippen LogP contribution < -0.4 is 5.32 Å². The zero-order chi connectivity index (χ0) is 19.0. The number of piperazine rings is 2. The molecule has 8 nitrogen and oxygen atoms in total. The zero-order valence-corrected chi connectivity index (χ0v) is 15.7. The Bertz CT molecular complexity index is 863.